The second-order valence-electron chi connectivity index (χ2n) is 5.04. The lowest BCUT2D eigenvalue weighted by Gasteiger charge is -2.22. The number of aliphatic carboxylic acids is 1. The second kappa shape index (κ2) is 5.38. The number of alkyl halides is 3. The predicted octanol–water partition coefficient (Wildman–Crippen LogP) is 2.47. The maximum absolute atomic E-state index is 12.2. The van der Waals surface area contributed by atoms with E-state index in [4.69, 9.17) is 5.11 Å². The maximum atomic E-state index is 12.2. The summed E-state index contributed by atoms with van der Waals surface area (Å²) >= 11 is 0. The molecule has 0 spiro atoms. The van der Waals surface area contributed by atoms with Crippen LogP contribution in [0.4, 0.5) is 13.2 Å². The maximum Gasteiger partial charge on any atom is 0.389 e. The number of hydrogen-bond acceptors (Lipinski definition) is 3. The number of carboxylic acids is 1. The minimum Gasteiger partial charge on any atom is -0.481 e. The summed E-state index contributed by atoms with van der Waals surface area (Å²) in [6.07, 6.45) is -4.09. The summed E-state index contributed by atoms with van der Waals surface area (Å²) in [6, 6.07) is 0. The minimum atomic E-state index is -4.22. The van der Waals surface area contributed by atoms with Crippen LogP contribution in [0.25, 0.3) is 0 Å². The van der Waals surface area contributed by atoms with Gasteiger partial charge < -0.3 is 5.11 Å². The SMILES string of the molecule is Cc1nc(CCC(F)(F)F)nc2c1CC(C(=O)O)CC2. The Morgan fingerprint density at radius 1 is 1.40 bits per heavy atom. The molecule has 0 saturated heterocycles. The molecule has 2 rings (SSSR count). The molecule has 110 valence electrons. The molecular formula is C13H15F3N2O2. The molecule has 1 unspecified atom stereocenters. The molecule has 7 heteroatoms. The van der Waals surface area contributed by atoms with Crippen LogP contribution in [0.15, 0.2) is 0 Å². The van der Waals surface area contributed by atoms with Gasteiger partial charge in [-0.2, -0.15) is 13.2 Å². The van der Waals surface area contributed by atoms with Crippen molar-refractivity contribution in [3.05, 3.63) is 22.8 Å². The molecule has 1 atom stereocenters. The van der Waals surface area contributed by atoms with Gasteiger partial charge in [-0.05, 0) is 31.7 Å². The van der Waals surface area contributed by atoms with Gasteiger partial charge in [-0.15, -0.1) is 0 Å². The number of fused-ring (bicyclic) bond motifs is 1. The molecule has 0 saturated carbocycles. The van der Waals surface area contributed by atoms with Gasteiger partial charge in [0, 0.05) is 17.8 Å². The number of carbonyl (C=O) groups is 1. The molecule has 1 N–H and O–H groups in total. The lowest BCUT2D eigenvalue weighted by Crippen LogP contribution is -2.25. The zero-order chi connectivity index (χ0) is 14.9. The lowest BCUT2D eigenvalue weighted by atomic mass is 9.86. The fourth-order valence-electron chi connectivity index (χ4n) is 2.43. The van der Waals surface area contributed by atoms with Crippen molar-refractivity contribution < 1.29 is 23.1 Å². The summed E-state index contributed by atoms with van der Waals surface area (Å²) in [4.78, 5) is 19.2. The van der Waals surface area contributed by atoms with E-state index in [1.807, 2.05) is 0 Å². The molecule has 20 heavy (non-hydrogen) atoms. The van der Waals surface area contributed by atoms with Crippen LogP contribution in [0.5, 0.6) is 0 Å². The topological polar surface area (TPSA) is 63.1 Å². The first kappa shape index (κ1) is 14.7. The molecule has 0 fully saturated rings. The zero-order valence-corrected chi connectivity index (χ0v) is 11.0. The van der Waals surface area contributed by atoms with Crippen LogP contribution >= 0.6 is 0 Å². The number of aromatic nitrogens is 2. The molecule has 0 amide bonds. The van der Waals surface area contributed by atoms with Gasteiger partial charge in [0.25, 0.3) is 0 Å². The molecule has 1 heterocycles. The smallest absolute Gasteiger partial charge is 0.389 e. The third-order valence-electron chi connectivity index (χ3n) is 3.51. The number of carboxylic acid groups (broad SMARTS) is 1. The summed E-state index contributed by atoms with van der Waals surface area (Å²) in [5, 5.41) is 9.02. The third-order valence-corrected chi connectivity index (χ3v) is 3.51. The number of aryl methyl sites for hydroxylation is 3. The van der Waals surface area contributed by atoms with E-state index in [0.717, 1.165) is 5.56 Å². The molecule has 4 nitrogen and oxygen atoms in total. The Morgan fingerprint density at radius 2 is 2.10 bits per heavy atom. The van der Waals surface area contributed by atoms with Crippen molar-refractivity contribution in [2.75, 3.05) is 0 Å². The van der Waals surface area contributed by atoms with Crippen molar-refractivity contribution in [2.24, 2.45) is 5.92 Å². The molecule has 1 aromatic rings. The average molecular weight is 288 g/mol. The lowest BCUT2D eigenvalue weighted by molar-refractivity contribution is -0.142. The van der Waals surface area contributed by atoms with Crippen LogP contribution in [0.3, 0.4) is 0 Å². The van der Waals surface area contributed by atoms with Crippen molar-refractivity contribution in [2.45, 2.75) is 45.2 Å². The Morgan fingerprint density at radius 3 is 2.70 bits per heavy atom. The van der Waals surface area contributed by atoms with E-state index in [-0.39, 0.29) is 12.2 Å². The Hall–Kier alpha value is -1.66. The standard InChI is InChI=1S/C13H15F3N2O2/c1-7-9-6-8(12(19)20)2-3-10(9)18-11(17-7)4-5-13(14,15)16/h8H,2-6H2,1H3,(H,19,20). The molecular weight excluding hydrogens is 273 g/mol. The van der Waals surface area contributed by atoms with Crippen LogP contribution in [0.1, 0.15) is 35.6 Å². The Balaban J connectivity index is 2.18. The summed E-state index contributed by atoms with van der Waals surface area (Å²) < 4.78 is 36.6. The number of hydrogen-bond donors (Lipinski definition) is 1. The molecule has 0 bridgehead atoms. The van der Waals surface area contributed by atoms with Crippen LogP contribution in [0.2, 0.25) is 0 Å². The van der Waals surface area contributed by atoms with Crippen molar-refractivity contribution in [1.29, 1.82) is 0 Å². The Labute approximate surface area is 114 Å². The number of nitrogens with zero attached hydrogens (tertiary/aromatic N) is 2. The highest BCUT2D eigenvalue weighted by atomic mass is 19.4. The van der Waals surface area contributed by atoms with Crippen LogP contribution < -0.4 is 0 Å². The molecule has 0 radical (unpaired) electrons. The van der Waals surface area contributed by atoms with Crippen LogP contribution in [-0.2, 0) is 24.1 Å². The summed E-state index contributed by atoms with van der Waals surface area (Å²) in [5.74, 6) is -1.12. The third kappa shape index (κ3) is 3.46. The first-order valence-corrected chi connectivity index (χ1v) is 6.41. The van der Waals surface area contributed by atoms with Gasteiger partial charge in [-0.1, -0.05) is 0 Å². The van der Waals surface area contributed by atoms with Crippen molar-refractivity contribution in [3.63, 3.8) is 0 Å². The minimum absolute atomic E-state index is 0.187. The van der Waals surface area contributed by atoms with Gasteiger partial charge in [0.05, 0.1) is 12.3 Å². The molecule has 1 aliphatic carbocycles. The fraction of sp³-hybridized carbons (Fsp3) is 0.615. The highest BCUT2D eigenvalue weighted by Crippen LogP contribution is 2.27. The Bertz CT molecular complexity index is 529. The van der Waals surface area contributed by atoms with Crippen LogP contribution in [0, 0.1) is 12.8 Å². The number of rotatable bonds is 3. The van der Waals surface area contributed by atoms with E-state index in [1.165, 1.54) is 0 Å². The number of halogens is 3. The predicted molar refractivity (Wildman–Crippen MR) is 64.3 cm³/mol. The van der Waals surface area contributed by atoms with E-state index in [9.17, 15) is 18.0 Å². The van der Waals surface area contributed by atoms with Crippen molar-refractivity contribution in [1.82, 2.24) is 9.97 Å². The van der Waals surface area contributed by atoms with Gasteiger partial charge in [-0.25, -0.2) is 9.97 Å². The van der Waals surface area contributed by atoms with Crippen LogP contribution in [-0.4, -0.2) is 27.2 Å². The van der Waals surface area contributed by atoms with E-state index < -0.39 is 24.5 Å². The molecule has 0 aliphatic heterocycles. The molecule has 0 aromatic carbocycles. The highest BCUT2D eigenvalue weighted by molar-refractivity contribution is 5.71. The molecule has 1 aliphatic rings. The van der Waals surface area contributed by atoms with E-state index in [2.05, 4.69) is 9.97 Å². The summed E-state index contributed by atoms with van der Waals surface area (Å²) in [7, 11) is 0. The van der Waals surface area contributed by atoms with Gasteiger partial charge in [-0.3, -0.25) is 4.79 Å². The van der Waals surface area contributed by atoms with Gasteiger partial charge in [0.1, 0.15) is 5.82 Å². The van der Waals surface area contributed by atoms with Crippen molar-refractivity contribution >= 4 is 5.97 Å². The Kier molecular flexibility index (Phi) is 3.96. The average Bonchev–Trinajstić information content (AvgIpc) is 2.35. The fourth-order valence-corrected chi connectivity index (χ4v) is 2.43. The largest absolute Gasteiger partial charge is 0.481 e. The van der Waals surface area contributed by atoms with Gasteiger partial charge in [0.2, 0.25) is 0 Å². The molecule has 1 aromatic heterocycles. The zero-order valence-electron chi connectivity index (χ0n) is 11.0. The van der Waals surface area contributed by atoms with Gasteiger partial charge >= 0.3 is 12.1 Å². The van der Waals surface area contributed by atoms with Crippen molar-refractivity contribution in [3.8, 4) is 0 Å². The summed E-state index contributed by atoms with van der Waals surface area (Å²) in [6.45, 7) is 1.70. The monoisotopic (exact) mass is 288 g/mol. The van der Waals surface area contributed by atoms with Gasteiger partial charge in [0.15, 0.2) is 0 Å². The second-order valence-corrected chi connectivity index (χ2v) is 5.04. The van der Waals surface area contributed by atoms with E-state index >= 15 is 0 Å². The summed E-state index contributed by atoms with van der Waals surface area (Å²) in [5.41, 5.74) is 2.07. The van der Waals surface area contributed by atoms with E-state index in [0.29, 0.717) is 30.7 Å². The highest BCUT2D eigenvalue weighted by Gasteiger charge is 2.29. The first-order valence-electron chi connectivity index (χ1n) is 6.41. The normalized spacial score (nSPS) is 18.7. The van der Waals surface area contributed by atoms with E-state index in [1.54, 1.807) is 6.92 Å². The first-order chi connectivity index (χ1) is 9.26. The quantitative estimate of drug-likeness (QED) is 0.928.